The van der Waals surface area contributed by atoms with Gasteiger partial charge in [0.1, 0.15) is 12.9 Å². The molecule has 1 aromatic heterocycles. The standard InChI is InChI=1S/C27H25N3O2/c31-27(30-20-6-5-7-21(30)13-18(12-20)19-14-28-17-29-15-19)32-16-26-24-10-3-1-8-22(24)23-9-2-4-11-25(23)26/h1-4,8-12,14-15,17,20-21,26H,5-7,13,16H2. The third kappa shape index (κ3) is 3.20. The predicted molar refractivity (Wildman–Crippen MR) is 123 cm³/mol. The van der Waals surface area contributed by atoms with E-state index in [-0.39, 0.29) is 24.1 Å². The van der Waals surface area contributed by atoms with Crippen molar-refractivity contribution < 1.29 is 9.53 Å². The zero-order chi connectivity index (χ0) is 21.5. The Morgan fingerprint density at radius 3 is 2.34 bits per heavy atom. The molecule has 6 rings (SSSR count). The van der Waals surface area contributed by atoms with E-state index in [0.29, 0.717) is 6.61 Å². The van der Waals surface area contributed by atoms with Crippen molar-refractivity contribution in [2.24, 2.45) is 0 Å². The molecule has 0 saturated carbocycles. The van der Waals surface area contributed by atoms with Crippen molar-refractivity contribution in [3.63, 3.8) is 0 Å². The molecule has 3 heterocycles. The van der Waals surface area contributed by atoms with Crippen LogP contribution in [0.5, 0.6) is 0 Å². The smallest absolute Gasteiger partial charge is 0.410 e. The molecule has 32 heavy (non-hydrogen) atoms. The van der Waals surface area contributed by atoms with Crippen molar-refractivity contribution in [2.45, 2.75) is 43.7 Å². The number of hydrogen-bond acceptors (Lipinski definition) is 4. The number of amides is 1. The fraction of sp³-hybridized carbons (Fsp3) is 0.296. The van der Waals surface area contributed by atoms with Gasteiger partial charge < -0.3 is 4.74 Å². The lowest BCUT2D eigenvalue weighted by Gasteiger charge is -2.44. The van der Waals surface area contributed by atoms with Gasteiger partial charge in [0.25, 0.3) is 0 Å². The van der Waals surface area contributed by atoms with E-state index in [4.69, 9.17) is 4.74 Å². The molecule has 2 aliphatic heterocycles. The van der Waals surface area contributed by atoms with Crippen LogP contribution in [-0.2, 0) is 4.74 Å². The number of fused-ring (bicyclic) bond motifs is 5. The molecular formula is C27H25N3O2. The molecule has 2 atom stereocenters. The number of carbonyl (C=O) groups excluding carboxylic acids is 1. The van der Waals surface area contributed by atoms with Gasteiger partial charge in [-0.05, 0) is 53.5 Å². The molecule has 1 amide bonds. The van der Waals surface area contributed by atoms with E-state index in [1.165, 1.54) is 27.8 Å². The van der Waals surface area contributed by atoms with Crippen molar-refractivity contribution in [2.75, 3.05) is 6.61 Å². The summed E-state index contributed by atoms with van der Waals surface area (Å²) in [4.78, 5) is 23.6. The first-order valence-electron chi connectivity index (χ1n) is 11.4. The van der Waals surface area contributed by atoms with Gasteiger partial charge in [-0.1, -0.05) is 54.6 Å². The Balaban J connectivity index is 1.22. The number of hydrogen-bond donors (Lipinski definition) is 0. The lowest BCUT2D eigenvalue weighted by molar-refractivity contribution is 0.0539. The minimum atomic E-state index is -0.193. The molecule has 2 unspecified atom stereocenters. The molecule has 5 heteroatoms. The normalized spacial score (nSPS) is 21.5. The summed E-state index contributed by atoms with van der Waals surface area (Å²) in [6.07, 6.45) is 11.2. The van der Waals surface area contributed by atoms with Crippen LogP contribution in [0.4, 0.5) is 4.79 Å². The first-order valence-corrected chi connectivity index (χ1v) is 11.4. The van der Waals surface area contributed by atoms with Crippen molar-refractivity contribution in [1.82, 2.24) is 14.9 Å². The summed E-state index contributed by atoms with van der Waals surface area (Å²) in [6.45, 7) is 0.367. The van der Waals surface area contributed by atoms with Crippen molar-refractivity contribution in [1.29, 1.82) is 0 Å². The highest BCUT2D eigenvalue weighted by atomic mass is 16.6. The summed E-state index contributed by atoms with van der Waals surface area (Å²) in [5, 5.41) is 0. The van der Waals surface area contributed by atoms with Crippen LogP contribution in [-0.4, -0.2) is 39.7 Å². The highest BCUT2D eigenvalue weighted by molar-refractivity contribution is 5.79. The molecule has 5 nitrogen and oxygen atoms in total. The molecule has 1 aliphatic carbocycles. The number of aromatic nitrogens is 2. The van der Waals surface area contributed by atoms with Gasteiger partial charge in [-0.2, -0.15) is 0 Å². The predicted octanol–water partition coefficient (Wildman–Crippen LogP) is 5.44. The van der Waals surface area contributed by atoms with E-state index in [0.717, 1.165) is 31.2 Å². The summed E-state index contributed by atoms with van der Waals surface area (Å²) in [5.74, 6) is 0.0866. The summed E-state index contributed by atoms with van der Waals surface area (Å²) < 4.78 is 5.99. The summed E-state index contributed by atoms with van der Waals surface area (Å²) in [6, 6.07) is 17.1. The maximum Gasteiger partial charge on any atom is 0.410 e. The molecule has 0 spiro atoms. The minimum Gasteiger partial charge on any atom is -0.448 e. The number of rotatable bonds is 3. The lowest BCUT2D eigenvalue weighted by Crippen LogP contribution is -2.51. The monoisotopic (exact) mass is 423 g/mol. The van der Waals surface area contributed by atoms with Crippen LogP contribution in [0.2, 0.25) is 0 Å². The van der Waals surface area contributed by atoms with Gasteiger partial charge in [-0.15, -0.1) is 0 Å². The fourth-order valence-corrected chi connectivity index (χ4v) is 5.66. The van der Waals surface area contributed by atoms with E-state index in [9.17, 15) is 4.79 Å². The molecule has 3 aromatic rings. The van der Waals surface area contributed by atoms with Gasteiger partial charge in [-0.25, -0.2) is 14.8 Å². The Hall–Kier alpha value is -3.47. The summed E-state index contributed by atoms with van der Waals surface area (Å²) in [7, 11) is 0. The highest BCUT2D eigenvalue weighted by Gasteiger charge is 2.39. The van der Waals surface area contributed by atoms with Gasteiger partial charge >= 0.3 is 6.09 Å². The summed E-state index contributed by atoms with van der Waals surface area (Å²) in [5.41, 5.74) is 7.27. The third-order valence-corrected chi connectivity index (χ3v) is 7.12. The average Bonchev–Trinajstić information content (AvgIpc) is 3.16. The zero-order valence-electron chi connectivity index (χ0n) is 17.9. The average molecular weight is 424 g/mol. The SMILES string of the molecule is O=C(OCC1c2ccccc2-c2ccccc21)N1C2C=C(c3cncnc3)CC1CCC2. The fourth-order valence-electron chi connectivity index (χ4n) is 5.66. The van der Waals surface area contributed by atoms with Gasteiger partial charge in [-0.3, -0.25) is 4.90 Å². The van der Waals surface area contributed by atoms with E-state index >= 15 is 0 Å². The second-order valence-electron chi connectivity index (χ2n) is 8.89. The molecule has 2 aromatic carbocycles. The first-order chi connectivity index (χ1) is 15.8. The summed E-state index contributed by atoms with van der Waals surface area (Å²) >= 11 is 0. The van der Waals surface area contributed by atoms with Gasteiger partial charge in [0.05, 0.1) is 6.04 Å². The maximum atomic E-state index is 13.3. The molecule has 1 saturated heterocycles. The van der Waals surface area contributed by atoms with E-state index in [1.54, 1.807) is 6.33 Å². The molecule has 160 valence electrons. The third-order valence-electron chi connectivity index (χ3n) is 7.12. The van der Waals surface area contributed by atoms with Crippen molar-refractivity contribution in [3.05, 3.63) is 90.0 Å². The second-order valence-corrected chi connectivity index (χ2v) is 8.89. The van der Waals surface area contributed by atoms with Crippen LogP contribution >= 0.6 is 0 Å². The number of benzene rings is 2. The van der Waals surface area contributed by atoms with Crippen LogP contribution in [0.1, 0.15) is 48.3 Å². The van der Waals surface area contributed by atoms with Crippen LogP contribution in [0.15, 0.2) is 73.3 Å². The Labute approximate surface area is 187 Å². The van der Waals surface area contributed by atoms with Crippen LogP contribution in [0.25, 0.3) is 16.7 Å². The van der Waals surface area contributed by atoms with Crippen LogP contribution < -0.4 is 0 Å². The molecule has 3 aliphatic rings. The number of carbonyl (C=O) groups is 1. The Kier molecular flexibility index (Phi) is 4.75. The minimum absolute atomic E-state index is 0.0772. The quantitative estimate of drug-likeness (QED) is 0.563. The Morgan fingerprint density at radius 1 is 0.969 bits per heavy atom. The maximum absolute atomic E-state index is 13.3. The van der Waals surface area contributed by atoms with Gasteiger partial charge in [0.15, 0.2) is 0 Å². The lowest BCUT2D eigenvalue weighted by atomic mass is 9.83. The number of piperidine rings is 1. The second kappa shape index (κ2) is 7.90. The molecule has 0 radical (unpaired) electrons. The molecule has 1 fully saturated rings. The van der Waals surface area contributed by atoms with E-state index < -0.39 is 0 Å². The zero-order valence-corrected chi connectivity index (χ0v) is 17.9. The van der Waals surface area contributed by atoms with Gasteiger partial charge in [0, 0.05) is 29.9 Å². The van der Waals surface area contributed by atoms with Crippen molar-refractivity contribution >= 4 is 11.7 Å². The number of nitrogens with zero attached hydrogens (tertiary/aromatic N) is 3. The molecular weight excluding hydrogens is 398 g/mol. The molecule has 2 bridgehead atoms. The van der Waals surface area contributed by atoms with Gasteiger partial charge in [0.2, 0.25) is 0 Å². The van der Waals surface area contributed by atoms with Crippen LogP contribution in [0, 0.1) is 0 Å². The first kappa shape index (κ1) is 19.2. The van der Waals surface area contributed by atoms with E-state index in [2.05, 4.69) is 64.6 Å². The number of ether oxygens (including phenoxy) is 1. The van der Waals surface area contributed by atoms with Crippen molar-refractivity contribution in [3.8, 4) is 11.1 Å². The Morgan fingerprint density at radius 2 is 1.66 bits per heavy atom. The Bertz CT molecular complexity index is 1140. The topological polar surface area (TPSA) is 55.3 Å². The highest BCUT2D eigenvalue weighted by Crippen LogP contribution is 2.45. The van der Waals surface area contributed by atoms with Crippen LogP contribution in [0.3, 0.4) is 0 Å². The molecule has 0 N–H and O–H groups in total. The largest absolute Gasteiger partial charge is 0.448 e. The van der Waals surface area contributed by atoms with E-state index in [1.807, 2.05) is 17.3 Å².